The molecule has 0 radical (unpaired) electrons. The van der Waals surface area contributed by atoms with Gasteiger partial charge < -0.3 is 38.6 Å². The number of para-hydroxylation sites is 2. The van der Waals surface area contributed by atoms with Crippen LogP contribution < -0.4 is 20.9 Å². The average molecular weight is 827 g/mol. The minimum atomic E-state index is -1.98. The highest BCUT2D eigenvalue weighted by Crippen LogP contribution is 2.38. The summed E-state index contributed by atoms with van der Waals surface area (Å²) in [5, 5.41) is 8.28. The van der Waals surface area contributed by atoms with Crippen LogP contribution in [0.1, 0.15) is 59.9 Å². The molecular weight excluding hydrogens is 761 g/mol. The van der Waals surface area contributed by atoms with E-state index < -0.39 is 46.7 Å². The first kappa shape index (κ1) is 48.7. The molecule has 316 valence electrons. The van der Waals surface area contributed by atoms with Crippen LogP contribution in [-0.4, -0.2) is 86.3 Å². The van der Waals surface area contributed by atoms with Crippen LogP contribution in [0, 0.1) is 0 Å². The molecule has 3 N–H and O–H groups in total. The van der Waals surface area contributed by atoms with Crippen molar-refractivity contribution in [2.45, 2.75) is 103 Å². The van der Waals surface area contributed by atoms with E-state index in [-0.39, 0.29) is 42.7 Å². The highest BCUT2D eigenvalue weighted by molar-refractivity contribution is 6.74. The normalized spacial score (nSPS) is 12.5. The molecule has 0 aliphatic heterocycles. The highest BCUT2D eigenvalue weighted by atomic mass is 28.4. The van der Waals surface area contributed by atoms with E-state index in [0.717, 1.165) is 5.69 Å². The van der Waals surface area contributed by atoms with Gasteiger partial charge >= 0.3 is 24.1 Å². The predicted octanol–water partition coefficient (Wildman–Crippen LogP) is 9.01. The Morgan fingerprint density at radius 3 is 1.84 bits per heavy atom. The first-order valence-electron chi connectivity index (χ1n) is 19.4. The van der Waals surface area contributed by atoms with Gasteiger partial charge in [0, 0.05) is 25.2 Å². The summed E-state index contributed by atoms with van der Waals surface area (Å²) in [6.07, 6.45) is 2.06. The molecule has 0 bridgehead atoms. The number of urea groups is 1. The third kappa shape index (κ3) is 16.9. The van der Waals surface area contributed by atoms with Gasteiger partial charge in [-0.05, 0) is 72.5 Å². The van der Waals surface area contributed by atoms with Gasteiger partial charge in [-0.2, -0.15) is 0 Å². The lowest BCUT2D eigenvalue weighted by atomic mass is 10.1. The van der Waals surface area contributed by atoms with Crippen LogP contribution in [0.4, 0.5) is 26.7 Å². The van der Waals surface area contributed by atoms with Crippen molar-refractivity contribution in [1.82, 2.24) is 5.32 Å². The SMILES string of the molecule is C=CCOC(=O)CC[C@H](NC(=O)Nc1ccc(COC(=O)Nc2ccccc2N(CCO[Si](C)(C)C(C)(C)C)CCO[Si](C)(C)C(C)(C)C)cc1)C(=O)OCC=C. The third-order valence-corrected chi connectivity index (χ3v) is 19.3. The summed E-state index contributed by atoms with van der Waals surface area (Å²) >= 11 is 0. The van der Waals surface area contributed by atoms with Crippen molar-refractivity contribution < 1.29 is 42.2 Å². The molecule has 0 aliphatic rings. The molecule has 0 heterocycles. The summed E-state index contributed by atoms with van der Waals surface area (Å²) < 4.78 is 28.7. The lowest BCUT2D eigenvalue weighted by molar-refractivity contribution is -0.146. The molecule has 0 saturated carbocycles. The van der Waals surface area contributed by atoms with Gasteiger partial charge in [-0.25, -0.2) is 14.4 Å². The molecule has 0 aliphatic carbocycles. The molecular formula is C42H66N4O9Si2. The third-order valence-electron chi connectivity index (χ3n) is 10.3. The Morgan fingerprint density at radius 2 is 1.30 bits per heavy atom. The van der Waals surface area contributed by atoms with Crippen molar-refractivity contribution in [2.75, 3.05) is 55.1 Å². The molecule has 15 heteroatoms. The van der Waals surface area contributed by atoms with E-state index in [1.807, 2.05) is 24.3 Å². The summed E-state index contributed by atoms with van der Waals surface area (Å²) in [5.74, 6) is -1.25. The Balaban J connectivity index is 2.07. The summed E-state index contributed by atoms with van der Waals surface area (Å²) in [6.45, 7) is 31.6. The summed E-state index contributed by atoms with van der Waals surface area (Å²) in [6, 6.07) is 12.5. The maximum atomic E-state index is 13.1. The van der Waals surface area contributed by atoms with Crippen molar-refractivity contribution in [3.8, 4) is 0 Å². The zero-order valence-electron chi connectivity index (χ0n) is 35.8. The minimum absolute atomic E-state index is 0.0237. The fourth-order valence-corrected chi connectivity index (χ4v) is 6.81. The number of esters is 2. The van der Waals surface area contributed by atoms with Crippen LogP contribution in [0.2, 0.25) is 36.3 Å². The molecule has 0 unspecified atom stereocenters. The zero-order valence-corrected chi connectivity index (χ0v) is 37.8. The van der Waals surface area contributed by atoms with Crippen LogP contribution in [0.5, 0.6) is 0 Å². The van der Waals surface area contributed by atoms with Crippen molar-refractivity contribution in [1.29, 1.82) is 0 Å². The van der Waals surface area contributed by atoms with E-state index in [1.165, 1.54) is 12.2 Å². The molecule has 3 amide bonds. The number of carbonyl (C=O) groups excluding carboxylic acids is 4. The van der Waals surface area contributed by atoms with E-state index in [0.29, 0.717) is 43.2 Å². The second-order valence-corrected chi connectivity index (χ2v) is 26.3. The minimum Gasteiger partial charge on any atom is -0.461 e. The molecule has 0 spiro atoms. The Labute approximate surface area is 342 Å². The molecule has 1 atom stereocenters. The number of nitrogens with zero attached hydrogens (tertiary/aromatic N) is 1. The van der Waals surface area contributed by atoms with Crippen molar-refractivity contribution >= 4 is 57.8 Å². The van der Waals surface area contributed by atoms with Gasteiger partial charge in [0.2, 0.25) is 0 Å². The Morgan fingerprint density at radius 1 is 0.754 bits per heavy atom. The monoisotopic (exact) mass is 826 g/mol. The Hall–Kier alpha value is -4.45. The maximum absolute atomic E-state index is 13.1. The van der Waals surface area contributed by atoms with Gasteiger partial charge in [0.1, 0.15) is 25.9 Å². The predicted molar refractivity (Wildman–Crippen MR) is 233 cm³/mol. The number of hydrogen-bond donors (Lipinski definition) is 3. The van der Waals surface area contributed by atoms with E-state index in [1.54, 1.807) is 24.3 Å². The van der Waals surface area contributed by atoms with E-state index in [4.69, 9.17) is 23.1 Å². The van der Waals surface area contributed by atoms with Gasteiger partial charge in [-0.15, -0.1) is 0 Å². The maximum Gasteiger partial charge on any atom is 0.412 e. The molecule has 13 nitrogen and oxygen atoms in total. The second kappa shape index (κ2) is 22.5. The van der Waals surface area contributed by atoms with Gasteiger partial charge in [-0.3, -0.25) is 10.1 Å². The zero-order chi connectivity index (χ0) is 42.9. The van der Waals surface area contributed by atoms with E-state index in [9.17, 15) is 19.2 Å². The first-order valence-corrected chi connectivity index (χ1v) is 25.2. The van der Waals surface area contributed by atoms with Crippen molar-refractivity contribution in [2.24, 2.45) is 0 Å². The van der Waals surface area contributed by atoms with E-state index in [2.05, 4.69) is 102 Å². The van der Waals surface area contributed by atoms with Crippen LogP contribution in [0.3, 0.4) is 0 Å². The molecule has 57 heavy (non-hydrogen) atoms. The number of benzene rings is 2. The van der Waals surface area contributed by atoms with Crippen LogP contribution >= 0.6 is 0 Å². The Bertz CT molecular complexity index is 1600. The van der Waals surface area contributed by atoms with E-state index >= 15 is 0 Å². The number of carbonyl (C=O) groups is 4. The first-order chi connectivity index (χ1) is 26.6. The molecule has 0 aromatic heterocycles. The smallest absolute Gasteiger partial charge is 0.412 e. The van der Waals surface area contributed by atoms with Crippen molar-refractivity contribution in [3.63, 3.8) is 0 Å². The number of hydrogen-bond acceptors (Lipinski definition) is 10. The van der Waals surface area contributed by atoms with Crippen LogP contribution in [0.25, 0.3) is 0 Å². The average Bonchev–Trinajstić information content (AvgIpc) is 3.13. The highest BCUT2D eigenvalue weighted by Gasteiger charge is 2.38. The van der Waals surface area contributed by atoms with Crippen LogP contribution in [-0.2, 0) is 39.3 Å². The number of anilines is 3. The number of nitrogens with one attached hydrogen (secondary N) is 3. The number of amides is 3. The molecule has 0 fully saturated rings. The number of rotatable bonds is 22. The summed E-state index contributed by atoms with van der Waals surface area (Å²) in [4.78, 5) is 52.6. The lowest BCUT2D eigenvalue weighted by Crippen LogP contribution is -2.44. The van der Waals surface area contributed by atoms with Gasteiger partial charge in [0.25, 0.3) is 0 Å². The molecule has 2 aromatic carbocycles. The summed E-state index contributed by atoms with van der Waals surface area (Å²) in [5.41, 5.74) is 2.55. The molecule has 0 saturated heterocycles. The Kier molecular flexibility index (Phi) is 19.2. The van der Waals surface area contributed by atoms with Gasteiger partial charge in [0.15, 0.2) is 16.6 Å². The topological polar surface area (TPSA) is 154 Å². The molecule has 2 rings (SSSR count). The largest absolute Gasteiger partial charge is 0.461 e. The fourth-order valence-electron chi connectivity index (χ4n) is 4.74. The quantitative estimate of drug-likeness (QED) is 0.0454. The molecule has 2 aromatic rings. The lowest BCUT2D eigenvalue weighted by Gasteiger charge is -2.38. The second-order valence-electron chi connectivity index (χ2n) is 16.7. The number of ether oxygens (including phenoxy) is 3. The van der Waals surface area contributed by atoms with Crippen molar-refractivity contribution in [3.05, 3.63) is 79.4 Å². The fraction of sp³-hybridized carbons (Fsp3) is 0.524. The van der Waals surface area contributed by atoms with Gasteiger partial charge in [-0.1, -0.05) is 91.1 Å². The van der Waals surface area contributed by atoms with Gasteiger partial charge in [0.05, 0.1) is 24.6 Å². The summed E-state index contributed by atoms with van der Waals surface area (Å²) in [7, 11) is -3.96. The van der Waals surface area contributed by atoms with Crippen LogP contribution in [0.15, 0.2) is 73.8 Å². The standard InChI is InChI=1S/C42H66N4O9Si2/c1-13-27-51-37(47)24-23-35(38(48)52-28-14-2)44-39(49)43-33-21-19-32(20-22-33)31-53-40(50)45-34-17-15-16-18-36(34)46(25-29-54-56(9,10)41(3,4)5)26-30-55-57(11,12)42(6,7)8/h13-22,35H,1-2,23-31H2,3-12H3,(H,45,50)(H2,43,44,49)/t35-/m0/s1.